The quantitative estimate of drug-likeness (QED) is 0.766. The monoisotopic (exact) mass is 302 g/mol. The number of rotatable bonds is 2. The second kappa shape index (κ2) is 4.59. The third kappa shape index (κ3) is 1.85. The van der Waals surface area contributed by atoms with Gasteiger partial charge in [-0.15, -0.1) is 0 Å². The highest BCUT2D eigenvalue weighted by Gasteiger charge is 2.15. The summed E-state index contributed by atoms with van der Waals surface area (Å²) in [6.07, 6.45) is 2.47. The molecule has 0 spiro atoms. The van der Waals surface area contributed by atoms with E-state index in [1.807, 2.05) is 36.4 Å². The van der Waals surface area contributed by atoms with Crippen LogP contribution in [0, 0.1) is 0 Å². The molecular weight excluding hydrogens is 292 g/mol. The molecule has 18 heavy (non-hydrogen) atoms. The van der Waals surface area contributed by atoms with Gasteiger partial charge in [-0.3, -0.25) is 0 Å². The molecule has 3 heteroatoms. The van der Waals surface area contributed by atoms with Crippen LogP contribution in [0.2, 0.25) is 0 Å². The van der Waals surface area contributed by atoms with Crippen LogP contribution in [0.15, 0.2) is 63.9 Å². The van der Waals surface area contributed by atoms with E-state index in [-0.39, 0.29) is 0 Å². The Balaban J connectivity index is 2.21. The summed E-state index contributed by atoms with van der Waals surface area (Å²) < 4.78 is 6.05. The summed E-state index contributed by atoms with van der Waals surface area (Å²) in [5.41, 5.74) is 1.65. The average Bonchev–Trinajstić information content (AvgIpc) is 2.93. The Hall–Kier alpha value is -1.58. The van der Waals surface area contributed by atoms with Gasteiger partial charge in [-0.2, -0.15) is 0 Å². The van der Waals surface area contributed by atoms with Gasteiger partial charge in [0.1, 0.15) is 6.10 Å². The number of benzene rings is 2. The highest BCUT2D eigenvalue weighted by molar-refractivity contribution is 9.10. The van der Waals surface area contributed by atoms with Crippen molar-refractivity contribution >= 4 is 26.7 Å². The normalized spacial score (nSPS) is 12.8. The summed E-state index contributed by atoms with van der Waals surface area (Å²) in [4.78, 5) is 0. The fourth-order valence-electron chi connectivity index (χ4n) is 2.13. The van der Waals surface area contributed by atoms with E-state index in [9.17, 15) is 5.11 Å². The lowest BCUT2D eigenvalue weighted by Gasteiger charge is -2.13. The van der Waals surface area contributed by atoms with Gasteiger partial charge >= 0.3 is 0 Å². The van der Waals surface area contributed by atoms with Crippen molar-refractivity contribution in [2.45, 2.75) is 6.10 Å². The minimum Gasteiger partial charge on any atom is -0.472 e. The van der Waals surface area contributed by atoms with Crippen LogP contribution in [-0.2, 0) is 0 Å². The van der Waals surface area contributed by atoms with Crippen molar-refractivity contribution in [1.82, 2.24) is 0 Å². The van der Waals surface area contributed by atoms with E-state index < -0.39 is 6.10 Å². The van der Waals surface area contributed by atoms with Crippen LogP contribution in [0.4, 0.5) is 0 Å². The van der Waals surface area contributed by atoms with Gasteiger partial charge in [-0.25, -0.2) is 0 Å². The van der Waals surface area contributed by atoms with Crippen molar-refractivity contribution < 1.29 is 9.52 Å². The smallest absolute Gasteiger partial charge is 0.108 e. The van der Waals surface area contributed by atoms with E-state index in [1.54, 1.807) is 18.6 Å². The molecule has 0 radical (unpaired) electrons. The molecule has 1 unspecified atom stereocenters. The molecule has 0 amide bonds. The molecule has 2 nitrogen and oxygen atoms in total. The molecule has 2 aromatic carbocycles. The molecule has 3 aromatic rings. The molecule has 90 valence electrons. The van der Waals surface area contributed by atoms with E-state index >= 15 is 0 Å². The zero-order valence-corrected chi connectivity index (χ0v) is 11.1. The van der Waals surface area contributed by atoms with E-state index in [1.165, 1.54) is 0 Å². The number of fused-ring (bicyclic) bond motifs is 1. The number of aliphatic hydroxyl groups is 1. The lowest BCUT2D eigenvalue weighted by molar-refractivity contribution is 0.221. The summed E-state index contributed by atoms with van der Waals surface area (Å²) in [6, 6.07) is 13.7. The standard InChI is InChI=1S/C15H11BrO2/c16-14-6-5-13(11-3-1-2-4-12(11)14)15(17)10-7-8-18-9-10/h1-9,15,17H. The molecule has 1 N–H and O–H groups in total. The molecule has 0 saturated carbocycles. The highest BCUT2D eigenvalue weighted by Crippen LogP contribution is 2.32. The lowest BCUT2D eigenvalue weighted by Crippen LogP contribution is -1.99. The maximum absolute atomic E-state index is 10.4. The summed E-state index contributed by atoms with van der Waals surface area (Å²) >= 11 is 3.53. The number of hydrogen-bond acceptors (Lipinski definition) is 2. The lowest BCUT2D eigenvalue weighted by atomic mass is 9.97. The molecule has 1 aromatic heterocycles. The fraction of sp³-hybridized carbons (Fsp3) is 0.0667. The van der Waals surface area contributed by atoms with Crippen LogP contribution in [0.25, 0.3) is 10.8 Å². The number of furan rings is 1. The molecule has 0 fully saturated rings. The second-order valence-corrected chi connectivity index (χ2v) is 5.00. The highest BCUT2D eigenvalue weighted by atomic mass is 79.9. The molecule has 0 aliphatic carbocycles. The van der Waals surface area contributed by atoms with Crippen molar-refractivity contribution in [2.75, 3.05) is 0 Å². The second-order valence-electron chi connectivity index (χ2n) is 4.14. The van der Waals surface area contributed by atoms with Gasteiger partial charge in [0.2, 0.25) is 0 Å². The molecule has 0 aliphatic heterocycles. The third-order valence-electron chi connectivity index (χ3n) is 3.06. The average molecular weight is 303 g/mol. The third-order valence-corrected chi connectivity index (χ3v) is 3.75. The Kier molecular flexibility index (Phi) is 2.94. The minimum atomic E-state index is -0.665. The van der Waals surface area contributed by atoms with Crippen molar-refractivity contribution in [3.63, 3.8) is 0 Å². The zero-order valence-electron chi connectivity index (χ0n) is 9.51. The maximum atomic E-state index is 10.4. The number of hydrogen-bond donors (Lipinski definition) is 1. The Labute approximate surface area is 113 Å². The first kappa shape index (κ1) is 11.5. The SMILES string of the molecule is OC(c1ccoc1)c1ccc(Br)c2ccccc12. The van der Waals surface area contributed by atoms with Gasteiger partial charge in [-0.1, -0.05) is 46.3 Å². The van der Waals surface area contributed by atoms with E-state index in [4.69, 9.17) is 4.42 Å². The number of halogens is 1. The Morgan fingerprint density at radius 1 is 1.00 bits per heavy atom. The van der Waals surface area contributed by atoms with Gasteiger partial charge in [0.15, 0.2) is 0 Å². The van der Waals surface area contributed by atoms with Gasteiger partial charge < -0.3 is 9.52 Å². The van der Waals surface area contributed by atoms with Crippen molar-refractivity contribution in [3.05, 3.63) is 70.6 Å². The molecule has 1 atom stereocenters. The summed E-state index contributed by atoms with van der Waals surface area (Å²) in [5.74, 6) is 0. The predicted molar refractivity (Wildman–Crippen MR) is 74.4 cm³/mol. The minimum absolute atomic E-state index is 0.665. The number of aliphatic hydroxyl groups excluding tert-OH is 1. The molecular formula is C15H11BrO2. The fourth-order valence-corrected chi connectivity index (χ4v) is 2.61. The van der Waals surface area contributed by atoms with Crippen LogP contribution in [-0.4, -0.2) is 5.11 Å². The van der Waals surface area contributed by atoms with Crippen molar-refractivity contribution in [3.8, 4) is 0 Å². The molecule has 0 aliphatic rings. The zero-order chi connectivity index (χ0) is 12.5. The van der Waals surface area contributed by atoms with Crippen molar-refractivity contribution in [2.24, 2.45) is 0 Å². The Morgan fingerprint density at radius 2 is 1.78 bits per heavy atom. The predicted octanol–water partition coefficient (Wildman–Crippen LogP) is 4.28. The largest absolute Gasteiger partial charge is 0.472 e. The van der Waals surface area contributed by atoms with Crippen LogP contribution in [0.1, 0.15) is 17.2 Å². The maximum Gasteiger partial charge on any atom is 0.108 e. The summed E-state index contributed by atoms with van der Waals surface area (Å²) in [7, 11) is 0. The first-order valence-corrected chi connectivity index (χ1v) is 6.44. The van der Waals surface area contributed by atoms with Crippen LogP contribution >= 0.6 is 15.9 Å². The summed E-state index contributed by atoms with van der Waals surface area (Å²) in [6.45, 7) is 0. The van der Waals surface area contributed by atoms with Crippen LogP contribution in [0.5, 0.6) is 0 Å². The molecule has 0 bridgehead atoms. The molecule has 1 heterocycles. The van der Waals surface area contributed by atoms with Crippen molar-refractivity contribution in [1.29, 1.82) is 0 Å². The van der Waals surface area contributed by atoms with Gasteiger partial charge in [-0.05, 0) is 28.5 Å². The van der Waals surface area contributed by atoms with E-state index in [2.05, 4.69) is 15.9 Å². The summed E-state index contributed by atoms with van der Waals surface area (Å²) in [5, 5.41) is 12.5. The van der Waals surface area contributed by atoms with E-state index in [0.29, 0.717) is 0 Å². The topological polar surface area (TPSA) is 33.4 Å². The first-order chi connectivity index (χ1) is 8.77. The van der Waals surface area contributed by atoms with E-state index in [0.717, 1.165) is 26.4 Å². The van der Waals surface area contributed by atoms with Gasteiger partial charge in [0.05, 0.1) is 12.5 Å². The Morgan fingerprint density at radius 3 is 2.50 bits per heavy atom. The van der Waals surface area contributed by atoms with Crippen LogP contribution < -0.4 is 0 Å². The van der Waals surface area contributed by atoms with Crippen LogP contribution in [0.3, 0.4) is 0 Å². The Bertz CT molecular complexity index is 674. The van der Waals surface area contributed by atoms with Gasteiger partial charge in [0, 0.05) is 10.0 Å². The molecule has 0 saturated heterocycles. The molecule has 3 rings (SSSR count). The van der Waals surface area contributed by atoms with Gasteiger partial charge in [0.25, 0.3) is 0 Å². The first-order valence-electron chi connectivity index (χ1n) is 5.64.